The SMILES string of the molecule is CC(C)OC(=O)CC[C@@H](C)[C@H]1CCC2C3CCC4C[C@@H](NCCNCCNCCNCCNCCN)CC[C@]4(C)C3CC[C@@]21C. The van der Waals surface area contributed by atoms with Crippen LogP contribution in [0.3, 0.4) is 0 Å². The lowest BCUT2D eigenvalue weighted by atomic mass is 9.44. The minimum absolute atomic E-state index is 0.00714. The maximum atomic E-state index is 12.3. The minimum atomic E-state index is -0.0108. The van der Waals surface area contributed by atoms with E-state index in [4.69, 9.17) is 10.5 Å². The van der Waals surface area contributed by atoms with Crippen molar-refractivity contribution < 1.29 is 9.53 Å². The fourth-order valence-corrected chi connectivity index (χ4v) is 10.8. The standard InChI is InChI=1S/C37H72N6O2/c1-27(2)45-35(44)11-6-28(3)32-9-10-33-31-8-7-29-26-30(12-14-36(29,4)34(31)13-15-37(32,33)5)43-25-24-42-23-22-41-21-20-40-19-18-39-17-16-38/h27-34,39-43H,6-26,38H2,1-5H3/t28-,29?,30+,31?,32-,33?,34?,36+,37-/m1/s1. The van der Waals surface area contributed by atoms with Gasteiger partial charge in [0.05, 0.1) is 6.10 Å². The molecule has 0 aromatic heterocycles. The molecule has 0 aliphatic heterocycles. The predicted octanol–water partition coefficient (Wildman–Crippen LogP) is 4.29. The van der Waals surface area contributed by atoms with Crippen molar-refractivity contribution in [1.29, 1.82) is 0 Å². The molecule has 9 atom stereocenters. The zero-order valence-electron chi connectivity index (χ0n) is 29.9. The molecule has 8 heteroatoms. The summed E-state index contributed by atoms with van der Waals surface area (Å²) in [6, 6.07) is 0.693. The van der Waals surface area contributed by atoms with Crippen LogP contribution < -0.4 is 32.3 Å². The maximum absolute atomic E-state index is 12.3. The second-order valence-electron chi connectivity index (χ2n) is 16.2. The van der Waals surface area contributed by atoms with Gasteiger partial charge in [0.1, 0.15) is 0 Å². The lowest BCUT2D eigenvalue weighted by molar-refractivity contribution is -0.148. The van der Waals surface area contributed by atoms with Crippen LogP contribution in [0, 0.1) is 46.3 Å². The molecule has 262 valence electrons. The van der Waals surface area contributed by atoms with Crippen LogP contribution in [0.5, 0.6) is 0 Å². The van der Waals surface area contributed by atoms with Crippen molar-refractivity contribution in [3.63, 3.8) is 0 Å². The van der Waals surface area contributed by atoms with E-state index in [2.05, 4.69) is 47.4 Å². The second kappa shape index (κ2) is 18.1. The number of esters is 1. The minimum Gasteiger partial charge on any atom is -0.463 e. The van der Waals surface area contributed by atoms with E-state index in [9.17, 15) is 4.79 Å². The molecule has 4 fully saturated rings. The van der Waals surface area contributed by atoms with Crippen LogP contribution in [-0.2, 0) is 9.53 Å². The van der Waals surface area contributed by atoms with Crippen molar-refractivity contribution in [1.82, 2.24) is 26.6 Å². The second-order valence-corrected chi connectivity index (χ2v) is 16.2. The van der Waals surface area contributed by atoms with Gasteiger partial charge in [-0.1, -0.05) is 20.8 Å². The van der Waals surface area contributed by atoms with Gasteiger partial charge in [-0.05, 0) is 124 Å². The zero-order chi connectivity index (χ0) is 32.3. The first-order valence-corrected chi connectivity index (χ1v) is 19.1. The van der Waals surface area contributed by atoms with Crippen molar-refractivity contribution in [2.45, 2.75) is 117 Å². The Balaban J connectivity index is 1.12. The number of hydrogen-bond donors (Lipinski definition) is 6. The Bertz CT molecular complexity index is 874. The smallest absolute Gasteiger partial charge is 0.306 e. The molecule has 0 saturated heterocycles. The molecule has 4 aliphatic rings. The number of carbonyl (C=O) groups is 1. The van der Waals surface area contributed by atoms with Gasteiger partial charge in [-0.2, -0.15) is 0 Å². The van der Waals surface area contributed by atoms with Gasteiger partial charge in [0.25, 0.3) is 0 Å². The molecule has 0 spiro atoms. The molecule has 0 amide bonds. The molecule has 0 aromatic rings. The summed E-state index contributed by atoms with van der Waals surface area (Å²) in [6.07, 6.45) is 14.2. The van der Waals surface area contributed by atoms with Gasteiger partial charge < -0.3 is 37.1 Å². The van der Waals surface area contributed by atoms with Crippen LogP contribution >= 0.6 is 0 Å². The Morgan fingerprint density at radius 2 is 1.36 bits per heavy atom. The summed E-state index contributed by atoms with van der Waals surface area (Å²) >= 11 is 0. The van der Waals surface area contributed by atoms with E-state index in [0.29, 0.717) is 35.8 Å². The number of ether oxygens (including phenoxy) is 1. The largest absolute Gasteiger partial charge is 0.463 e. The normalized spacial score (nSPS) is 35.1. The fraction of sp³-hybridized carbons (Fsp3) is 0.973. The van der Waals surface area contributed by atoms with Gasteiger partial charge in [0.2, 0.25) is 0 Å². The summed E-state index contributed by atoms with van der Waals surface area (Å²) < 4.78 is 5.45. The molecular formula is C37H72N6O2. The van der Waals surface area contributed by atoms with Crippen molar-refractivity contribution in [3.8, 4) is 0 Å². The van der Waals surface area contributed by atoms with Crippen molar-refractivity contribution >= 4 is 5.97 Å². The summed E-state index contributed by atoms with van der Waals surface area (Å²) in [5, 5.41) is 17.8. The number of fused-ring (bicyclic) bond motifs is 5. The molecule has 45 heavy (non-hydrogen) atoms. The lowest BCUT2D eigenvalue weighted by Gasteiger charge is -2.61. The number of nitrogens with two attached hydrogens (primary N) is 1. The first kappa shape index (κ1) is 37.1. The fourth-order valence-electron chi connectivity index (χ4n) is 10.8. The highest BCUT2D eigenvalue weighted by atomic mass is 16.5. The summed E-state index contributed by atoms with van der Waals surface area (Å²) in [6.45, 7) is 21.4. The van der Waals surface area contributed by atoms with Crippen LogP contribution in [0.1, 0.15) is 105 Å². The van der Waals surface area contributed by atoms with E-state index in [1.54, 1.807) is 0 Å². The maximum Gasteiger partial charge on any atom is 0.306 e. The van der Waals surface area contributed by atoms with Crippen LogP contribution in [-0.4, -0.2) is 83.6 Å². The number of rotatable bonds is 20. The van der Waals surface area contributed by atoms with E-state index in [0.717, 1.165) is 94.9 Å². The highest BCUT2D eigenvalue weighted by Gasteiger charge is 2.60. The van der Waals surface area contributed by atoms with Gasteiger partial charge >= 0.3 is 5.97 Å². The van der Waals surface area contributed by atoms with Gasteiger partial charge in [-0.25, -0.2) is 0 Å². The number of hydrogen-bond acceptors (Lipinski definition) is 8. The van der Waals surface area contributed by atoms with Crippen molar-refractivity contribution in [2.24, 2.45) is 52.1 Å². The Morgan fingerprint density at radius 3 is 2.00 bits per heavy atom. The average molecular weight is 633 g/mol. The molecule has 4 aliphatic carbocycles. The molecule has 0 heterocycles. The quantitative estimate of drug-likeness (QED) is 0.0872. The number of nitrogens with one attached hydrogen (secondary N) is 5. The highest BCUT2D eigenvalue weighted by molar-refractivity contribution is 5.69. The molecule has 4 rings (SSSR count). The summed E-state index contributed by atoms with van der Waals surface area (Å²) in [4.78, 5) is 12.3. The Labute approximate surface area is 276 Å². The summed E-state index contributed by atoms with van der Waals surface area (Å²) in [5.41, 5.74) is 6.49. The van der Waals surface area contributed by atoms with E-state index in [1.165, 1.54) is 57.8 Å². The predicted molar refractivity (Wildman–Crippen MR) is 187 cm³/mol. The van der Waals surface area contributed by atoms with Gasteiger partial charge in [-0.15, -0.1) is 0 Å². The zero-order valence-corrected chi connectivity index (χ0v) is 29.9. The molecule has 0 radical (unpaired) electrons. The molecule has 4 unspecified atom stereocenters. The molecule has 0 bridgehead atoms. The van der Waals surface area contributed by atoms with E-state index in [-0.39, 0.29) is 12.1 Å². The Kier molecular flexibility index (Phi) is 14.9. The summed E-state index contributed by atoms with van der Waals surface area (Å²) in [7, 11) is 0. The topological polar surface area (TPSA) is 112 Å². The van der Waals surface area contributed by atoms with Crippen LogP contribution in [0.15, 0.2) is 0 Å². The first-order chi connectivity index (χ1) is 21.7. The third-order valence-corrected chi connectivity index (χ3v) is 13.1. The molecule has 7 N–H and O–H groups in total. The Morgan fingerprint density at radius 1 is 0.756 bits per heavy atom. The molecule has 0 aromatic carbocycles. The van der Waals surface area contributed by atoms with Crippen LogP contribution in [0.2, 0.25) is 0 Å². The van der Waals surface area contributed by atoms with E-state index < -0.39 is 0 Å². The van der Waals surface area contributed by atoms with Crippen molar-refractivity contribution in [3.05, 3.63) is 0 Å². The van der Waals surface area contributed by atoms with Crippen molar-refractivity contribution in [2.75, 3.05) is 65.4 Å². The van der Waals surface area contributed by atoms with Crippen LogP contribution in [0.4, 0.5) is 0 Å². The third-order valence-electron chi connectivity index (χ3n) is 13.1. The van der Waals surface area contributed by atoms with Crippen LogP contribution in [0.25, 0.3) is 0 Å². The van der Waals surface area contributed by atoms with Gasteiger partial charge in [0.15, 0.2) is 0 Å². The van der Waals surface area contributed by atoms with Gasteiger partial charge in [0, 0.05) is 77.9 Å². The number of carbonyl (C=O) groups excluding carboxylic acids is 1. The van der Waals surface area contributed by atoms with E-state index in [1.807, 2.05) is 13.8 Å². The average Bonchev–Trinajstić information content (AvgIpc) is 3.37. The van der Waals surface area contributed by atoms with E-state index >= 15 is 0 Å². The van der Waals surface area contributed by atoms with Gasteiger partial charge in [-0.3, -0.25) is 4.79 Å². The first-order valence-electron chi connectivity index (χ1n) is 19.1. The Hall–Kier alpha value is -0.770. The lowest BCUT2D eigenvalue weighted by Crippen LogP contribution is -2.55. The summed E-state index contributed by atoms with van der Waals surface area (Å²) in [5.74, 6) is 4.98. The third kappa shape index (κ3) is 9.88. The molecule has 4 saturated carbocycles. The monoisotopic (exact) mass is 633 g/mol. The molecular weight excluding hydrogens is 560 g/mol. The highest BCUT2D eigenvalue weighted by Crippen LogP contribution is 2.68. The molecule has 8 nitrogen and oxygen atoms in total.